The smallest absolute Gasteiger partial charge is 0.338 e. The Balaban J connectivity index is 1.46. The minimum atomic E-state index is -3.84. The van der Waals surface area contributed by atoms with Gasteiger partial charge in [0, 0.05) is 18.0 Å². The molecule has 0 aliphatic heterocycles. The van der Waals surface area contributed by atoms with Crippen LogP contribution in [0.3, 0.4) is 0 Å². The van der Waals surface area contributed by atoms with Crippen LogP contribution in [0.5, 0.6) is 0 Å². The number of hydrogen-bond donors (Lipinski definition) is 0. The Bertz CT molecular complexity index is 1370. The Kier molecular flexibility index (Phi) is 6.57. The molecular formula is C25H22N2O4S2. The van der Waals surface area contributed by atoms with Crippen molar-refractivity contribution in [1.82, 2.24) is 4.98 Å². The van der Waals surface area contributed by atoms with Crippen molar-refractivity contribution in [2.45, 2.75) is 18.4 Å². The van der Waals surface area contributed by atoms with Crippen LogP contribution in [0.4, 0.5) is 5.69 Å². The van der Waals surface area contributed by atoms with Crippen LogP contribution in [0, 0.1) is 6.92 Å². The second kappa shape index (κ2) is 9.56. The summed E-state index contributed by atoms with van der Waals surface area (Å²) in [6, 6.07) is 22.8. The number of hydrogen-bond acceptors (Lipinski definition) is 6. The summed E-state index contributed by atoms with van der Waals surface area (Å²) in [7, 11) is -2.36. The lowest BCUT2D eigenvalue weighted by Crippen LogP contribution is -2.26. The van der Waals surface area contributed by atoms with E-state index < -0.39 is 16.0 Å². The Hall–Kier alpha value is -3.49. The first-order valence-electron chi connectivity index (χ1n) is 10.2. The maximum Gasteiger partial charge on any atom is 0.338 e. The molecule has 168 valence electrons. The second-order valence-corrected chi connectivity index (χ2v) is 10.2. The molecule has 4 aromatic rings. The fourth-order valence-corrected chi connectivity index (χ4v) is 5.20. The van der Waals surface area contributed by atoms with E-state index in [9.17, 15) is 13.2 Å². The number of carbonyl (C=O) groups is 1. The van der Waals surface area contributed by atoms with Crippen molar-refractivity contribution in [2.75, 3.05) is 11.4 Å². The number of benzene rings is 3. The van der Waals surface area contributed by atoms with Crippen molar-refractivity contribution in [1.29, 1.82) is 0 Å². The lowest BCUT2D eigenvalue weighted by atomic mass is 10.2. The molecule has 0 N–H and O–H groups in total. The minimum Gasteiger partial charge on any atom is -0.456 e. The monoisotopic (exact) mass is 478 g/mol. The first-order chi connectivity index (χ1) is 15.8. The molecule has 0 fully saturated rings. The van der Waals surface area contributed by atoms with Gasteiger partial charge in [-0.1, -0.05) is 54.1 Å². The van der Waals surface area contributed by atoms with Crippen molar-refractivity contribution >= 4 is 33.0 Å². The van der Waals surface area contributed by atoms with E-state index >= 15 is 0 Å². The standard InChI is InChI=1S/C25H22N2O4S2/c1-18-11-13-22(14-12-18)27(2)33(29,30)23-10-6-9-20(15-23)25(28)31-16-21-17-32-24(26-21)19-7-4-3-5-8-19/h3-15,17H,16H2,1-2H3. The lowest BCUT2D eigenvalue weighted by Gasteiger charge is -2.20. The van der Waals surface area contributed by atoms with Crippen LogP contribution in [0.25, 0.3) is 10.6 Å². The SMILES string of the molecule is Cc1ccc(N(C)S(=O)(=O)c2cccc(C(=O)OCc3csc(-c4ccccc4)n3)c2)cc1. The van der Waals surface area contributed by atoms with Gasteiger partial charge in [-0.15, -0.1) is 11.3 Å². The van der Waals surface area contributed by atoms with Crippen LogP contribution in [0.1, 0.15) is 21.6 Å². The topological polar surface area (TPSA) is 76.6 Å². The second-order valence-electron chi connectivity index (χ2n) is 7.42. The maximum absolute atomic E-state index is 13.1. The maximum atomic E-state index is 13.1. The number of ether oxygens (including phenoxy) is 1. The Morgan fingerprint density at radius 1 is 1.00 bits per heavy atom. The van der Waals surface area contributed by atoms with E-state index in [2.05, 4.69) is 4.98 Å². The predicted molar refractivity (Wildman–Crippen MR) is 130 cm³/mol. The zero-order chi connectivity index (χ0) is 23.4. The van der Waals surface area contributed by atoms with Crippen molar-refractivity contribution < 1.29 is 17.9 Å². The predicted octanol–water partition coefficient (Wildman–Crippen LogP) is 5.30. The Morgan fingerprint density at radius 2 is 1.73 bits per heavy atom. The van der Waals surface area contributed by atoms with E-state index in [0.29, 0.717) is 11.4 Å². The van der Waals surface area contributed by atoms with Gasteiger partial charge in [0.2, 0.25) is 0 Å². The molecule has 1 heterocycles. The quantitative estimate of drug-likeness (QED) is 0.337. The van der Waals surface area contributed by atoms with Gasteiger partial charge in [0.25, 0.3) is 10.0 Å². The highest BCUT2D eigenvalue weighted by atomic mass is 32.2. The van der Waals surface area contributed by atoms with Gasteiger partial charge < -0.3 is 4.74 Å². The highest BCUT2D eigenvalue weighted by Crippen LogP contribution is 2.25. The molecule has 0 aliphatic rings. The van der Waals surface area contributed by atoms with Crippen molar-refractivity contribution in [3.05, 3.63) is 101 Å². The van der Waals surface area contributed by atoms with Crippen LogP contribution < -0.4 is 4.31 Å². The van der Waals surface area contributed by atoms with E-state index in [4.69, 9.17) is 4.74 Å². The molecule has 0 saturated carbocycles. The highest BCUT2D eigenvalue weighted by Gasteiger charge is 2.23. The number of anilines is 1. The van der Waals surface area contributed by atoms with E-state index in [0.717, 1.165) is 16.1 Å². The van der Waals surface area contributed by atoms with E-state index in [1.807, 2.05) is 54.8 Å². The fourth-order valence-electron chi connectivity index (χ4n) is 3.14. The summed E-state index contributed by atoms with van der Waals surface area (Å²) in [6.45, 7) is 1.93. The normalized spacial score (nSPS) is 11.2. The van der Waals surface area contributed by atoms with E-state index in [-0.39, 0.29) is 17.1 Å². The van der Waals surface area contributed by atoms with E-state index in [1.54, 1.807) is 12.1 Å². The zero-order valence-corrected chi connectivity index (χ0v) is 19.8. The molecule has 0 radical (unpaired) electrons. The summed E-state index contributed by atoms with van der Waals surface area (Å²) < 4.78 is 32.7. The Labute approximate surface area is 197 Å². The summed E-state index contributed by atoms with van der Waals surface area (Å²) in [6.07, 6.45) is 0. The van der Waals surface area contributed by atoms with Crippen molar-refractivity contribution in [3.63, 3.8) is 0 Å². The molecule has 0 amide bonds. The molecule has 0 unspecified atom stereocenters. The summed E-state index contributed by atoms with van der Waals surface area (Å²) in [4.78, 5) is 17.1. The average molecular weight is 479 g/mol. The first-order valence-corrected chi connectivity index (χ1v) is 12.5. The van der Waals surface area contributed by atoms with Gasteiger partial charge in [-0.25, -0.2) is 18.2 Å². The number of esters is 1. The largest absolute Gasteiger partial charge is 0.456 e. The molecule has 1 aromatic heterocycles. The molecule has 0 bridgehead atoms. The number of carbonyl (C=O) groups excluding carboxylic acids is 1. The molecule has 0 aliphatic carbocycles. The van der Waals surface area contributed by atoms with E-state index in [1.165, 1.54) is 47.0 Å². The third-order valence-corrected chi connectivity index (χ3v) is 7.77. The molecule has 33 heavy (non-hydrogen) atoms. The van der Waals surface area contributed by atoms with Crippen LogP contribution in [-0.2, 0) is 21.4 Å². The van der Waals surface area contributed by atoms with Gasteiger partial charge in [0.15, 0.2) is 0 Å². The van der Waals surface area contributed by atoms with Gasteiger partial charge in [-0.05, 0) is 37.3 Å². The number of nitrogens with zero attached hydrogens (tertiary/aromatic N) is 2. The summed E-state index contributed by atoms with van der Waals surface area (Å²) in [5.41, 5.74) is 3.36. The van der Waals surface area contributed by atoms with Crippen molar-refractivity contribution in [3.8, 4) is 10.6 Å². The molecule has 0 spiro atoms. The summed E-state index contributed by atoms with van der Waals surface area (Å²) in [5, 5.41) is 2.68. The minimum absolute atomic E-state index is 0.00239. The molecule has 3 aromatic carbocycles. The number of sulfonamides is 1. The first kappa shape index (κ1) is 22.7. The average Bonchev–Trinajstić information content (AvgIpc) is 3.32. The van der Waals surface area contributed by atoms with Gasteiger partial charge >= 0.3 is 5.97 Å². The molecule has 0 atom stereocenters. The van der Waals surface area contributed by atoms with Crippen molar-refractivity contribution in [2.24, 2.45) is 0 Å². The molecule has 6 nitrogen and oxygen atoms in total. The van der Waals surface area contributed by atoms with Gasteiger partial charge in [0.1, 0.15) is 11.6 Å². The molecule has 0 saturated heterocycles. The third kappa shape index (κ3) is 5.13. The van der Waals surface area contributed by atoms with Gasteiger partial charge in [-0.3, -0.25) is 4.31 Å². The summed E-state index contributed by atoms with van der Waals surface area (Å²) >= 11 is 1.47. The number of thiazole rings is 1. The number of aryl methyl sites for hydroxylation is 1. The molecular weight excluding hydrogens is 456 g/mol. The van der Waals surface area contributed by atoms with Gasteiger partial charge in [-0.2, -0.15) is 0 Å². The molecule has 4 rings (SSSR count). The molecule has 8 heteroatoms. The Morgan fingerprint density at radius 3 is 2.45 bits per heavy atom. The van der Waals surface area contributed by atoms with Crippen LogP contribution in [0.2, 0.25) is 0 Å². The summed E-state index contributed by atoms with van der Waals surface area (Å²) in [5.74, 6) is -0.612. The zero-order valence-electron chi connectivity index (χ0n) is 18.1. The van der Waals surface area contributed by atoms with Crippen LogP contribution in [-0.4, -0.2) is 26.4 Å². The van der Waals surface area contributed by atoms with Crippen LogP contribution in [0.15, 0.2) is 89.1 Å². The van der Waals surface area contributed by atoms with Crippen LogP contribution >= 0.6 is 11.3 Å². The lowest BCUT2D eigenvalue weighted by molar-refractivity contribution is 0.0468. The highest BCUT2D eigenvalue weighted by molar-refractivity contribution is 7.92. The number of rotatable bonds is 7. The fraction of sp³-hybridized carbons (Fsp3) is 0.120. The van der Waals surface area contributed by atoms with Gasteiger partial charge in [0.05, 0.1) is 21.8 Å². The number of aromatic nitrogens is 1. The third-order valence-electron chi connectivity index (χ3n) is 5.05.